The number of halogens is 2. The van der Waals surface area contributed by atoms with Gasteiger partial charge in [0.1, 0.15) is 12.4 Å². The Morgan fingerprint density at radius 2 is 1.89 bits per heavy atom. The summed E-state index contributed by atoms with van der Waals surface area (Å²) in [5, 5.41) is 15.7. The first-order valence-corrected chi connectivity index (χ1v) is 11.8. The number of nitro benzene ring substituents is 1. The summed E-state index contributed by atoms with van der Waals surface area (Å²) in [4.78, 5) is 23.0. The number of ether oxygens (including phenoxy) is 3. The highest BCUT2D eigenvalue weighted by molar-refractivity contribution is 14.1. The molecule has 0 unspecified atom stereocenters. The van der Waals surface area contributed by atoms with Crippen molar-refractivity contribution in [2.24, 2.45) is 5.10 Å². The van der Waals surface area contributed by atoms with Gasteiger partial charge in [-0.05, 0) is 71.0 Å². The summed E-state index contributed by atoms with van der Waals surface area (Å²) in [5.41, 5.74) is 3.74. The molecule has 0 bridgehead atoms. The van der Waals surface area contributed by atoms with Crippen molar-refractivity contribution in [1.82, 2.24) is 5.43 Å². The average molecular weight is 610 g/mol. The Morgan fingerprint density at radius 1 is 1.14 bits per heavy atom. The van der Waals surface area contributed by atoms with Crippen LogP contribution in [0.2, 0.25) is 5.02 Å². The molecular weight excluding hydrogens is 589 g/mol. The van der Waals surface area contributed by atoms with Crippen molar-refractivity contribution in [2.75, 3.05) is 13.7 Å². The Hall–Kier alpha value is -3.38. The van der Waals surface area contributed by atoms with Crippen molar-refractivity contribution < 1.29 is 23.9 Å². The van der Waals surface area contributed by atoms with E-state index in [0.717, 1.165) is 15.2 Å². The van der Waals surface area contributed by atoms with Gasteiger partial charge in [-0.15, -0.1) is 0 Å². The lowest BCUT2D eigenvalue weighted by molar-refractivity contribution is -0.384. The van der Waals surface area contributed by atoms with Crippen LogP contribution in [-0.2, 0) is 6.61 Å². The number of methoxy groups -OCH3 is 1. The maximum Gasteiger partial charge on any atom is 0.275 e. The Balaban J connectivity index is 1.76. The van der Waals surface area contributed by atoms with Gasteiger partial charge < -0.3 is 14.2 Å². The Kier molecular flexibility index (Phi) is 9.26. The van der Waals surface area contributed by atoms with Gasteiger partial charge in [-0.3, -0.25) is 14.9 Å². The van der Waals surface area contributed by atoms with Crippen molar-refractivity contribution in [1.29, 1.82) is 0 Å². The van der Waals surface area contributed by atoms with E-state index in [1.54, 1.807) is 18.2 Å². The van der Waals surface area contributed by atoms with Gasteiger partial charge in [0.2, 0.25) is 0 Å². The second-order valence-electron chi connectivity index (χ2n) is 7.02. The third-order valence-electron chi connectivity index (χ3n) is 4.65. The highest BCUT2D eigenvalue weighted by atomic mass is 127. The molecule has 0 fully saturated rings. The number of carbonyl (C=O) groups excluding carboxylic acids is 1. The molecule has 0 aliphatic carbocycles. The first kappa shape index (κ1) is 26.2. The molecule has 11 heteroatoms. The molecule has 3 rings (SSSR count). The van der Waals surface area contributed by atoms with Gasteiger partial charge in [0.05, 0.1) is 34.0 Å². The lowest BCUT2D eigenvalue weighted by Crippen LogP contribution is -2.18. The van der Waals surface area contributed by atoms with Crippen LogP contribution in [0, 0.1) is 13.7 Å². The summed E-state index contributed by atoms with van der Waals surface area (Å²) in [5.74, 6) is 0.662. The summed E-state index contributed by atoms with van der Waals surface area (Å²) in [7, 11) is 1.37. The zero-order chi connectivity index (χ0) is 25.4. The minimum atomic E-state index is -0.649. The Morgan fingerprint density at radius 3 is 2.54 bits per heavy atom. The van der Waals surface area contributed by atoms with E-state index in [-0.39, 0.29) is 17.0 Å². The van der Waals surface area contributed by atoms with E-state index in [1.807, 2.05) is 25.1 Å². The average Bonchev–Trinajstić information content (AvgIpc) is 2.84. The van der Waals surface area contributed by atoms with E-state index in [2.05, 4.69) is 33.1 Å². The number of non-ortho nitro benzene ring substituents is 1. The molecule has 0 heterocycles. The van der Waals surface area contributed by atoms with Crippen LogP contribution in [0.15, 0.2) is 59.7 Å². The quantitative estimate of drug-likeness (QED) is 0.139. The van der Waals surface area contributed by atoms with Gasteiger partial charge in [-0.2, -0.15) is 5.10 Å². The number of nitro groups is 1. The second-order valence-corrected chi connectivity index (χ2v) is 8.62. The van der Waals surface area contributed by atoms with Crippen LogP contribution in [0.1, 0.15) is 28.4 Å². The van der Waals surface area contributed by atoms with E-state index < -0.39 is 10.8 Å². The number of nitrogens with one attached hydrogen (secondary N) is 1. The molecule has 3 aromatic carbocycles. The van der Waals surface area contributed by atoms with E-state index in [1.165, 1.54) is 25.5 Å². The van der Waals surface area contributed by atoms with Crippen molar-refractivity contribution in [2.45, 2.75) is 13.5 Å². The van der Waals surface area contributed by atoms with Crippen molar-refractivity contribution in [3.8, 4) is 17.2 Å². The fourth-order valence-electron chi connectivity index (χ4n) is 3.01. The van der Waals surface area contributed by atoms with Crippen LogP contribution in [0.25, 0.3) is 0 Å². The number of hydrogen-bond acceptors (Lipinski definition) is 7. The van der Waals surface area contributed by atoms with Gasteiger partial charge >= 0.3 is 0 Å². The van der Waals surface area contributed by atoms with Crippen LogP contribution in [0.4, 0.5) is 5.69 Å². The maximum absolute atomic E-state index is 12.5. The minimum Gasteiger partial charge on any atom is -0.496 e. The lowest BCUT2D eigenvalue weighted by Gasteiger charge is -2.15. The monoisotopic (exact) mass is 609 g/mol. The zero-order valence-electron chi connectivity index (χ0n) is 18.8. The number of benzene rings is 3. The molecule has 0 aliphatic heterocycles. The second kappa shape index (κ2) is 12.4. The van der Waals surface area contributed by atoms with E-state index in [9.17, 15) is 14.9 Å². The van der Waals surface area contributed by atoms with Gasteiger partial charge in [-0.1, -0.05) is 23.7 Å². The van der Waals surface area contributed by atoms with Crippen LogP contribution >= 0.6 is 34.2 Å². The fourth-order valence-corrected chi connectivity index (χ4v) is 3.92. The number of hydrazone groups is 1. The summed E-state index contributed by atoms with van der Waals surface area (Å²) < 4.78 is 17.7. The van der Waals surface area contributed by atoms with Crippen LogP contribution in [0.3, 0.4) is 0 Å². The molecule has 35 heavy (non-hydrogen) atoms. The molecule has 0 aliphatic rings. The van der Waals surface area contributed by atoms with Crippen LogP contribution in [0.5, 0.6) is 17.2 Å². The number of amides is 1. The topological polar surface area (TPSA) is 112 Å². The smallest absolute Gasteiger partial charge is 0.275 e. The molecule has 0 saturated heterocycles. The summed E-state index contributed by atoms with van der Waals surface area (Å²) >= 11 is 8.07. The summed E-state index contributed by atoms with van der Waals surface area (Å²) in [6, 6.07) is 14.7. The van der Waals surface area contributed by atoms with Gasteiger partial charge in [0.25, 0.3) is 11.6 Å². The molecule has 1 N–H and O–H groups in total. The number of carbonyl (C=O) groups is 1. The first-order chi connectivity index (χ1) is 16.8. The molecule has 0 aromatic heterocycles. The predicted molar refractivity (Wildman–Crippen MR) is 141 cm³/mol. The highest BCUT2D eigenvalue weighted by Gasteiger charge is 2.17. The Bertz CT molecular complexity index is 1250. The number of nitrogens with zero attached hydrogens (tertiary/aromatic N) is 2. The molecule has 9 nitrogen and oxygen atoms in total. The molecule has 0 radical (unpaired) electrons. The first-order valence-electron chi connectivity index (χ1n) is 10.3. The third-order valence-corrected chi connectivity index (χ3v) is 5.70. The normalized spacial score (nSPS) is 10.7. The molecule has 3 aromatic rings. The van der Waals surface area contributed by atoms with Crippen molar-refractivity contribution >= 4 is 52.0 Å². The maximum atomic E-state index is 12.5. The summed E-state index contributed by atoms with van der Waals surface area (Å²) in [6.07, 6.45) is 1.44. The molecule has 0 atom stereocenters. The van der Waals surface area contributed by atoms with E-state index in [4.69, 9.17) is 25.8 Å². The fraction of sp³-hybridized carbons (Fsp3) is 0.167. The van der Waals surface area contributed by atoms with Crippen LogP contribution < -0.4 is 19.6 Å². The predicted octanol–water partition coefficient (Wildman–Crippen LogP) is 5.60. The largest absolute Gasteiger partial charge is 0.496 e. The highest BCUT2D eigenvalue weighted by Crippen LogP contribution is 2.34. The number of rotatable bonds is 10. The van der Waals surface area contributed by atoms with E-state index in [0.29, 0.717) is 35.3 Å². The number of hydrogen-bond donors (Lipinski definition) is 1. The SMILES string of the molecule is CCOc1cc(/C=N\NC(=O)c2cc([N+](=O)[O-])ccc2OC)cc(I)c1OCc1ccc(Cl)cc1. The lowest BCUT2D eigenvalue weighted by atomic mass is 10.1. The van der Waals surface area contributed by atoms with E-state index >= 15 is 0 Å². The molecule has 0 spiro atoms. The summed E-state index contributed by atoms with van der Waals surface area (Å²) in [6.45, 7) is 2.63. The van der Waals surface area contributed by atoms with Gasteiger partial charge in [0.15, 0.2) is 11.5 Å². The minimum absolute atomic E-state index is 0.00520. The standard InChI is InChI=1S/C24H21ClIN3O6/c1-3-34-22-11-16(10-20(26)23(22)35-14-15-4-6-17(25)7-5-15)13-27-28-24(30)19-12-18(29(31)32)8-9-21(19)33-2/h4-13H,3,14H2,1-2H3,(H,28,30)/b27-13-. The molecule has 182 valence electrons. The van der Waals surface area contributed by atoms with Crippen molar-refractivity contribution in [3.63, 3.8) is 0 Å². The van der Waals surface area contributed by atoms with Gasteiger partial charge in [-0.25, -0.2) is 5.43 Å². The van der Waals surface area contributed by atoms with Crippen LogP contribution in [-0.4, -0.2) is 30.8 Å². The zero-order valence-corrected chi connectivity index (χ0v) is 21.7. The third kappa shape index (κ3) is 7.06. The molecular formula is C24H21ClIN3O6. The Labute approximate surface area is 220 Å². The van der Waals surface area contributed by atoms with Gasteiger partial charge in [0, 0.05) is 17.2 Å². The van der Waals surface area contributed by atoms with Crippen molar-refractivity contribution in [3.05, 3.63) is 90.0 Å². The molecule has 0 saturated carbocycles. The molecule has 1 amide bonds.